The van der Waals surface area contributed by atoms with E-state index in [-0.39, 0.29) is 22.3 Å². The average molecular weight is 371 g/mol. The highest BCUT2D eigenvalue weighted by Gasteiger charge is 2.34. The molecule has 1 nitrogen and oxygen atoms in total. The molecule has 0 heterocycles. The van der Waals surface area contributed by atoms with E-state index in [2.05, 4.69) is 0 Å². The predicted octanol–water partition coefficient (Wildman–Crippen LogP) is 6.65. The first-order valence-electron chi connectivity index (χ1n) is 10.6. The van der Waals surface area contributed by atoms with E-state index in [0.717, 1.165) is 25.7 Å². The lowest BCUT2D eigenvalue weighted by Crippen LogP contribution is -2.35. The van der Waals surface area contributed by atoms with Crippen molar-refractivity contribution in [3.05, 3.63) is 0 Å². The second-order valence-electron chi connectivity index (χ2n) is 8.15. The Bertz CT molecular complexity index is 326. The van der Waals surface area contributed by atoms with E-state index in [9.17, 15) is 4.79 Å². The summed E-state index contributed by atoms with van der Waals surface area (Å²) in [6.07, 6.45) is 19.9. The van der Waals surface area contributed by atoms with Gasteiger partial charge in [0.15, 0.2) is 0 Å². The van der Waals surface area contributed by atoms with Gasteiger partial charge in [-0.05, 0) is 25.7 Å². The second-order valence-corrected chi connectivity index (χ2v) is 9.47. The molecule has 2 fully saturated rings. The van der Waals surface area contributed by atoms with Crippen molar-refractivity contribution in [2.24, 2.45) is 11.8 Å². The van der Waals surface area contributed by atoms with Gasteiger partial charge in [-0.1, -0.05) is 77.0 Å². The third-order valence-corrected chi connectivity index (χ3v) is 7.43. The second kappa shape index (κ2) is 11.9. The summed E-state index contributed by atoms with van der Waals surface area (Å²) in [4.78, 5) is 13.4. The molecule has 2 saturated carbocycles. The topological polar surface area (TPSA) is 17.1 Å². The Kier molecular flexibility index (Phi) is 10.2. The van der Waals surface area contributed by atoms with Crippen molar-refractivity contribution in [1.29, 1.82) is 0 Å². The van der Waals surface area contributed by atoms with Crippen LogP contribution in [0.5, 0.6) is 0 Å². The maximum atomic E-state index is 13.4. The van der Waals surface area contributed by atoms with Crippen molar-refractivity contribution < 1.29 is 4.79 Å². The number of Topliss-reactive ketones (excluding diaryl/α,β-unsaturated/α-hetero) is 1. The van der Waals surface area contributed by atoms with Crippen molar-refractivity contribution in [1.82, 2.24) is 0 Å². The number of ketones is 1. The fourth-order valence-corrected chi connectivity index (χ4v) is 5.53. The lowest BCUT2D eigenvalue weighted by atomic mass is 9.79. The molecule has 2 rings (SSSR count). The van der Waals surface area contributed by atoms with E-state index in [4.69, 9.17) is 25.3 Å². The minimum atomic E-state index is 0.175. The van der Waals surface area contributed by atoms with Crippen molar-refractivity contribution in [3.8, 4) is 0 Å². The summed E-state index contributed by atoms with van der Waals surface area (Å²) >= 11 is 9.77. The number of carbonyl (C=O) groups excluding carboxylic acids is 1. The van der Waals surface area contributed by atoms with E-state index in [1.54, 1.807) is 0 Å². The van der Waals surface area contributed by atoms with Gasteiger partial charge < -0.3 is 0 Å². The van der Waals surface area contributed by atoms with Gasteiger partial charge in [-0.25, -0.2) is 0 Å². The van der Waals surface area contributed by atoms with Crippen LogP contribution in [0.3, 0.4) is 0 Å². The van der Waals surface area contributed by atoms with Gasteiger partial charge in [0.1, 0.15) is 5.78 Å². The molecule has 4 atom stereocenters. The monoisotopic (exact) mass is 370 g/mol. The lowest BCUT2D eigenvalue weighted by molar-refractivity contribution is -0.127. The smallest absolute Gasteiger partial charge is 0.141 e. The minimum absolute atomic E-state index is 0.175. The maximum Gasteiger partial charge on any atom is 0.141 e. The van der Waals surface area contributed by atoms with Crippen LogP contribution < -0.4 is 0 Å². The predicted molar refractivity (Wildman–Crippen MR) is 111 cm³/mol. The van der Waals surface area contributed by atoms with Gasteiger partial charge in [0.2, 0.25) is 0 Å². The summed E-state index contributed by atoms with van der Waals surface area (Å²) in [5.41, 5.74) is 0. The van der Waals surface area contributed by atoms with Crippen LogP contribution in [-0.2, 0) is 4.79 Å². The average Bonchev–Trinajstić information content (AvgIpc) is 2.58. The summed E-state index contributed by atoms with van der Waals surface area (Å²) in [5.74, 6) is 0.860. The van der Waals surface area contributed by atoms with Gasteiger partial charge in [-0.3, -0.25) is 4.79 Å². The first-order valence-corrected chi connectivity index (χ1v) is 11.6. The van der Waals surface area contributed by atoms with Crippen LogP contribution in [0.25, 0.3) is 0 Å². The van der Waals surface area contributed by atoms with Crippen molar-refractivity contribution in [2.45, 2.75) is 113 Å². The number of hydrogen-bond donors (Lipinski definition) is 2. The Morgan fingerprint density at radius 1 is 0.500 bits per heavy atom. The van der Waals surface area contributed by atoms with Gasteiger partial charge >= 0.3 is 0 Å². The summed E-state index contributed by atoms with van der Waals surface area (Å²) in [6.45, 7) is 0. The van der Waals surface area contributed by atoms with Gasteiger partial charge in [0, 0.05) is 22.3 Å². The Morgan fingerprint density at radius 2 is 0.792 bits per heavy atom. The quantitative estimate of drug-likeness (QED) is 0.520. The molecule has 0 aromatic carbocycles. The fourth-order valence-electron chi connectivity index (χ4n) is 4.58. The molecule has 4 unspecified atom stereocenters. The molecule has 3 heteroatoms. The Hall–Kier alpha value is 0.370. The van der Waals surface area contributed by atoms with E-state index in [1.807, 2.05) is 0 Å². The van der Waals surface area contributed by atoms with Gasteiger partial charge in [0.25, 0.3) is 0 Å². The maximum absolute atomic E-state index is 13.4. The van der Waals surface area contributed by atoms with E-state index in [1.165, 1.54) is 77.0 Å². The molecule has 0 aromatic rings. The van der Waals surface area contributed by atoms with Gasteiger partial charge in [-0.2, -0.15) is 25.3 Å². The highest BCUT2D eigenvalue weighted by Crippen LogP contribution is 2.34. The van der Waals surface area contributed by atoms with Crippen LogP contribution in [0.2, 0.25) is 0 Å². The molecule has 0 radical (unpaired) electrons. The van der Waals surface area contributed by atoms with Crippen LogP contribution in [0.4, 0.5) is 0 Å². The molecule has 24 heavy (non-hydrogen) atoms. The normalized spacial score (nSPS) is 35.1. The summed E-state index contributed by atoms with van der Waals surface area (Å²) in [5, 5.41) is 0.540. The minimum Gasteiger partial charge on any atom is -0.299 e. The third kappa shape index (κ3) is 6.94. The molecule has 2 aliphatic rings. The third-order valence-electron chi connectivity index (χ3n) is 6.19. The largest absolute Gasteiger partial charge is 0.299 e. The van der Waals surface area contributed by atoms with Gasteiger partial charge in [-0.15, -0.1) is 0 Å². The summed E-state index contributed by atoms with van der Waals surface area (Å²) in [7, 11) is 0. The number of carbonyl (C=O) groups is 1. The molecule has 0 spiro atoms. The van der Waals surface area contributed by atoms with E-state index >= 15 is 0 Å². The Morgan fingerprint density at radius 3 is 1.17 bits per heavy atom. The fraction of sp³-hybridized carbons (Fsp3) is 0.952. The first kappa shape index (κ1) is 20.7. The molecule has 0 N–H and O–H groups in total. The van der Waals surface area contributed by atoms with Crippen LogP contribution in [0.15, 0.2) is 0 Å². The van der Waals surface area contributed by atoms with Crippen LogP contribution in [0, 0.1) is 11.8 Å². The Balaban J connectivity index is 2.01. The number of thiol groups is 2. The molecule has 0 aromatic heterocycles. The lowest BCUT2D eigenvalue weighted by Gasteiger charge is -2.30. The number of hydrogen-bond acceptors (Lipinski definition) is 3. The van der Waals surface area contributed by atoms with Crippen LogP contribution in [-0.4, -0.2) is 16.3 Å². The van der Waals surface area contributed by atoms with Crippen molar-refractivity contribution in [2.75, 3.05) is 0 Å². The molecule has 0 aliphatic heterocycles. The van der Waals surface area contributed by atoms with E-state index < -0.39 is 0 Å². The molecule has 0 amide bonds. The van der Waals surface area contributed by atoms with Crippen molar-refractivity contribution in [3.63, 3.8) is 0 Å². The molecular formula is C21H38OS2. The molecule has 0 saturated heterocycles. The zero-order valence-corrected chi connectivity index (χ0v) is 17.2. The molecular weight excluding hydrogens is 332 g/mol. The molecule has 0 bridgehead atoms. The standard InChI is InChI=1S/C21H38OS2/c22-21(17-13-9-5-1-3-7-11-15-19(17)23)18-14-10-6-2-4-8-12-16-20(18)24/h17-20,23-24H,1-16H2. The zero-order chi connectivity index (χ0) is 17.2. The molecule has 140 valence electrons. The SMILES string of the molecule is O=C(C1CCCCCCCCC1S)C1CCCCCCCCC1S. The van der Waals surface area contributed by atoms with Crippen LogP contribution >= 0.6 is 25.3 Å². The highest BCUT2D eigenvalue weighted by molar-refractivity contribution is 7.81. The zero-order valence-electron chi connectivity index (χ0n) is 15.4. The summed E-state index contributed by atoms with van der Waals surface area (Å²) < 4.78 is 0. The highest BCUT2D eigenvalue weighted by atomic mass is 32.1. The first-order chi connectivity index (χ1) is 11.7. The van der Waals surface area contributed by atoms with E-state index in [0.29, 0.717) is 5.78 Å². The van der Waals surface area contributed by atoms with Crippen LogP contribution in [0.1, 0.15) is 103 Å². The van der Waals surface area contributed by atoms with Gasteiger partial charge in [0.05, 0.1) is 0 Å². The Labute approximate surface area is 160 Å². The number of rotatable bonds is 2. The molecule has 2 aliphatic carbocycles. The summed E-state index contributed by atoms with van der Waals surface area (Å²) in [6, 6.07) is 0. The van der Waals surface area contributed by atoms with Crippen molar-refractivity contribution >= 4 is 31.0 Å².